The van der Waals surface area contributed by atoms with Crippen molar-refractivity contribution in [2.45, 2.75) is 31.6 Å². The standard InChI is InChI=1S/C13H18S/c1-3-5-6-7-12-8-10-13(11-9-12)14-4-2/h3,5,8-11H,4,6-7H2,1-2H3/b5-3-. The molecule has 0 aromatic heterocycles. The van der Waals surface area contributed by atoms with Gasteiger partial charge in [-0.15, -0.1) is 11.8 Å². The van der Waals surface area contributed by atoms with Crippen LogP contribution in [0.1, 0.15) is 25.8 Å². The first-order chi connectivity index (χ1) is 6.86. The topological polar surface area (TPSA) is 0 Å². The molecule has 0 aliphatic heterocycles. The predicted octanol–water partition coefficient (Wildman–Crippen LogP) is 4.31. The predicted molar refractivity (Wildman–Crippen MR) is 66.0 cm³/mol. The van der Waals surface area contributed by atoms with Crippen LogP contribution >= 0.6 is 11.8 Å². The largest absolute Gasteiger partial charge is 0.126 e. The third-order valence-electron chi connectivity index (χ3n) is 2.07. The number of benzene rings is 1. The lowest BCUT2D eigenvalue weighted by Gasteiger charge is -2.01. The molecule has 0 radical (unpaired) electrons. The lowest BCUT2D eigenvalue weighted by molar-refractivity contribution is 0.996. The van der Waals surface area contributed by atoms with E-state index in [1.165, 1.54) is 10.5 Å². The first-order valence-electron chi connectivity index (χ1n) is 5.19. The van der Waals surface area contributed by atoms with E-state index >= 15 is 0 Å². The molecule has 0 aliphatic rings. The average molecular weight is 206 g/mol. The van der Waals surface area contributed by atoms with Gasteiger partial charge in [0.1, 0.15) is 0 Å². The van der Waals surface area contributed by atoms with Crippen LogP contribution in [0.25, 0.3) is 0 Å². The summed E-state index contributed by atoms with van der Waals surface area (Å²) in [6.45, 7) is 4.26. The van der Waals surface area contributed by atoms with Crippen LogP contribution in [0, 0.1) is 0 Å². The van der Waals surface area contributed by atoms with E-state index < -0.39 is 0 Å². The highest BCUT2D eigenvalue weighted by atomic mass is 32.2. The summed E-state index contributed by atoms with van der Waals surface area (Å²) >= 11 is 1.90. The molecule has 14 heavy (non-hydrogen) atoms. The molecule has 0 nitrogen and oxygen atoms in total. The van der Waals surface area contributed by atoms with Crippen molar-refractivity contribution in [3.63, 3.8) is 0 Å². The molecule has 0 amide bonds. The highest BCUT2D eigenvalue weighted by molar-refractivity contribution is 7.99. The zero-order chi connectivity index (χ0) is 10.2. The highest BCUT2D eigenvalue weighted by Crippen LogP contribution is 2.18. The van der Waals surface area contributed by atoms with Gasteiger partial charge in [-0.05, 0) is 43.2 Å². The molecule has 1 aromatic rings. The lowest BCUT2D eigenvalue weighted by atomic mass is 10.1. The molecule has 0 heterocycles. The second-order valence-electron chi connectivity index (χ2n) is 3.18. The van der Waals surface area contributed by atoms with Gasteiger partial charge in [0, 0.05) is 4.90 Å². The van der Waals surface area contributed by atoms with Crippen molar-refractivity contribution in [3.05, 3.63) is 42.0 Å². The molecule has 0 bridgehead atoms. The van der Waals surface area contributed by atoms with Crippen LogP contribution in [0.15, 0.2) is 41.3 Å². The van der Waals surface area contributed by atoms with Crippen LogP contribution in [-0.4, -0.2) is 5.75 Å². The van der Waals surface area contributed by atoms with Crippen molar-refractivity contribution in [2.24, 2.45) is 0 Å². The van der Waals surface area contributed by atoms with E-state index in [1.807, 2.05) is 11.8 Å². The Kier molecular flexibility index (Phi) is 5.46. The van der Waals surface area contributed by atoms with Crippen molar-refractivity contribution in [3.8, 4) is 0 Å². The summed E-state index contributed by atoms with van der Waals surface area (Å²) in [4.78, 5) is 1.38. The molecule has 0 saturated heterocycles. The van der Waals surface area contributed by atoms with E-state index in [-0.39, 0.29) is 0 Å². The smallest absolute Gasteiger partial charge is 0.00720 e. The summed E-state index contributed by atoms with van der Waals surface area (Å²) in [5.74, 6) is 1.15. The molecular formula is C13H18S. The normalized spacial score (nSPS) is 11.0. The minimum absolute atomic E-state index is 1.15. The Balaban J connectivity index is 2.46. The van der Waals surface area contributed by atoms with Crippen LogP contribution in [0.2, 0.25) is 0 Å². The highest BCUT2D eigenvalue weighted by Gasteiger charge is 1.93. The molecular weight excluding hydrogens is 188 g/mol. The van der Waals surface area contributed by atoms with E-state index in [0.29, 0.717) is 0 Å². The number of thioether (sulfide) groups is 1. The molecule has 0 atom stereocenters. The molecule has 0 spiro atoms. The molecule has 0 saturated carbocycles. The van der Waals surface area contributed by atoms with Gasteiger partial charge in [-0.1, -0.05) is 31.2 Å². The van der Waals surface area contributed by atoms with Crippen molar-refractivity contribution in [1.29, 1.82) is 0 Å². The Labute approximate surface area is 91.4 Å². The fraction of sp³-hybridized carbons (Fsp3) is 0.385. The van der Waals surface area contributed by atoms with E-state index in [1.54, 1.807) is 0 Å². The summed E-state index contributed by atoms with van der Waals surface area (Å²) in [6, 6.07) is 8.92. The van der Waals surface area contributed by atoms with Gasteiger partial charge in [0.25, 0.3) is 0 Å². The summed E-state index contributed by atoms with van der Waals surface area (Å²) in [5.41, 5.74) is 1.43. The molecule has 0 fully saturated rings. The minimum Gasteiger partial charge on any atom is -0.126 e. The van der Waals surface area contributed by atoms with Crippen molar-refractivity contribution in [1.82, 2.24) is 0 Å². The van der Waals surface area contributed by atoms with Gasteiger partial charge in [-0.3, -0.25) is 0 Å². The Hall–Kier alpha value is -0.690. The van der Waals surface area contributed by atoms with Crippen molar-refractivity contribution >= 4 is 11.8 Å². The quantitative estimate of drug-likeness (QED) is 0.511. The van der Waals surface area contributed by atoms with Gasteiger partial charge in [-0.25, -0.2) is 0 Å². The lowest BCUT2D eigenvalue weighted by Crippen LogP contribution is -1.83. The monoisotopic (exact) mass is 206 g/mol. The Morgan fingerprint density at radius 3 is 2.50 bits per heavy atom. The van der Waals surface area contributed by atoms with E-state index in [4.69, 9.17) is 0 Å². The Bertz CT molecular complexity index is 272. The first kappa shape index (κ1) is 11.4. The maximum atomic E-state index is 2.24. The van der Waals surface area contributed by atoms with E-state index in [2.05, 4.69) is 50.3 Å². The fourth-order valence-corrected chi connectivity index (χ4v) is 2.00. The molecule has 0 aliphatic carbocycles. The summed E-state index contributed by atoms with van der Waals surface area (Å²) in [5, 5.41) is 0. The van der Waals surface area contributed by atoms with Crippen LogP contribution in [-0.2, 0) is 6.42 Å². The average Bonchev–Trinajstić information content (AvgIpc) is 2.21. The molecule has 76 valence electrons. The number of aryl methyl sites for hydroxylation is 1. The zero-order valence-corrected chi connectivity index (χ0v) is 9.81. The summed E-state index contributed by atoms with van der Waals surface area (Å²) in [7, 11) is 0. The van der Waals surface area contributed by atoms with Gasteiger partial charge < -0.3 is 0 Å². The van der Waals surface area contributed by atoms with Crippen molar-refractivity contribution in [2.75, 3.05) is 5.75 Å². The minimum atomic E-state index is 1.15. The summed E-state index contributed by atoms with van der Waals surface area (Å²) in [6.07, 6.45) is 6.63. The van der Waals surface area contributed by atoms with Gasteiger partial charge in [0.15, 0.2) is 0 Å². The second kappa shape index (κ2) is 6.72. The maximum absolute atomic E-state index is 2.24. The van der Waals surface area contributed by atoms with Crippen LogP contribution in [0.4, 0.5) is 0 Å². The SMILES string of the molecule is C/C=C\CCc1ccc(SCC)cc1. The summed E-state index contributed by atoms with van der Waals surface area (Å²) < 4.78 is 0. The molecule has 0 N–H and O–H groups in total. The Morgan fingerprint density at radius 1 is 1.21 bits per heavy atom. The molecule has 1 rings (SSSR count). The van der Waals surface area contributed by atoms with Crippen LogP contribution in [0.3, 0.4) is 0 Å². The third kappa shape index (κ3) is 4.01. The third-order valence-corrected chi connectivity index (χ3v) is 2.96. The van der Waals surface area contributed by atoms with Crippen molar-refractivity contribution < 1.29 is 0 Å². The number of rotatable bonds is 5. The first-order valence-corrected chi connectivity index (χ1v) is 6.18. The number of hydrogen-bond acceptors (Lipinski definition) is 1. The van der Waals surface area contributed by atoms with Gasteiger partial charge in [0.05, 0.1) is 0 Å². The number of allylic oxidation sites excluding steroid dienone is 2. The molecule has 1 heteroatoms. The molecule has 1 aromatic carbocycles. The van der Waals surface area contributed by atoms with E-state index in [0.717, 1.165) is 18.6 Å². The van der Waals surface area contributed by atoms with Gasteiger partial charge >= 0.3 is 0 Å². The van der Waals surface area contributed by atoms with Crippen LogP contribution in [0.5, 0.6) is 0 Å². The van der Waals surface area contributed by atoms with Gasteiger partial charge in [-0.2, -0.15) is 0 Å². The maximum Gasteiger partial charge on any atom is 0.00720 e. The molecule has 0 unspecified atom stereocenters. The zero-order valence-electron chi connectivity index (χ0n) is 8.99. The second-order valence-corrected chi connectivity index (χ2v) is 4.52. The number of hydrogen-bond donors (Lipinski definition) is 0. The van der Waals surface area contributed by atoms with E-state index in [9.17, 15) is 0 Å². The Morgan fingerprint density at radius 2 is 1.93 bits per heavy atom. The fourth-order valence-electron chi connectivity index (χ4n) is 1.34. The van der Waals surface area contributed by atoms with Gasteiger partial charge in [0.2, 0.25) is 0 Å². The van der Waals surface area contributed by atoms with Crippen LogP contribution < -0.4 is 0 Å².